The SMILES string of the molecule is Cc1ccc(C2(O)CC(N)c3ccccc32)c(C)c1. The highest BCUT2D eigenvalue weighted by atomic mass is 16.3. The molecule has 2 aromatic carbocycles. The molecule has 19 heavy (non-hydrogen) atoms. The Morgan fingerprint density at radius 2 is 1.84 bits per heavy atom. The third-order valence-corrected chi connectivity index (χ3v) is 4.15. The lowest BCUT2D eigenvalue weighted by Gasteiger charge is -2.27. The molecule has 0 saturated heterocycles. The highest BCUT2D eigenvalue weighted by molar-refractivity contribution is 5.49. The number of hydrogen-bond donors (Lipinski definition) is 2. The molecule has 3 rings (SSSR count). The van der Waals surface area contributed by atoms with Crippen LogP contribution in [0.15, 0.2) is 42.5 Å². The van der Waals surface area contributed by atoms with Crippen LogP contribution < -0.4 is 5.73 Å². The van der Waals surface area contributed by atoms with E-state index in [-0.39, 0.29) is 6.04 Å². The molecule has 0 saturated carbocycles. The summed E-state index contributed by atoms with van der Waals surface area (Å²) in [6.45, 7) is 4.11. The van der Waals surface area contributed by atoms with Gasteiger partial charge in [0.1, 0.15) is 5.60 Å². The van der Waals surface area contributed by atoms with Gasteiger partial charge in [-0.1, -0.05) is 48.0 Å². The van der Waals surface area contributed by atoms with E-state index in [0.29, 0.717) is 6.42 Å². The first-order chi connectivity index (χ1) is 9.02. The molecule has 1 aliphatic carbocycles. The van der Waals surface area contributed by atoms with Crippen LogP contribution in [0.5, 0.6) is 0 Å². The van der Waals surface area contributed by atoms with E-state index in [0.717, 1.165) is 22.3 Å². The Morgan fingerprint density at radius 3 is 2.58 bits per heavy atom. The summed E-state index contributed by atoms with van der Waals surface area (Å²) in [5.74, 6) is 0. The highest BCUT2D eigenvalue weighted by Gasteiger charge is 2.42. The Kier molecular flexibility index (Phi) is 2.73. The number of hydrogen-bond acceptors (Lipinski definition) is 2. The van der Waals surface area contributed by atoms with E-state index in [1.54, 1.807) is 0 Å². The van der Waals surface area contributed by atoms with Crippen molar-refractivity contribution in [2.24, 2.45) is 5.73 Å². The van der Waals surface area contributed by atoms with Gasteiger partial charge in [0.2, 0.25) is 0 Å². The molecular formula is C17H19NO. The Morgan fingerprint density at radius 1 is 1.11 bits per heavy atom. The summed E-state index contributed by atoms with van der Waals surface area (Å²) in [6, 6.07) is 14.0. The van der Waals surface area contributed by atoms with Gasteiger partial charge in [0.25, 0.3) is 0 Å². The quantitative estimate of drug-likeness (QED) is 0.820. The zero-order valence-corrected chi connectivity index (χ0v) is 11.4. The van der Waals surface area contributed by atoms with E-state index in [4.69, 9.17) is 5.73 Å². The molecule has 0 fully saturated rings. The summed E-state index contributed by atoms with van der Waals surface area (Å²) >= 11 is 0. The van der Waals surface area contributed by atoms with Crippen molar-refractivity contribution in [1.29, 1.82) is 0 Å². The van der Waals surface area contributed by atoms with Crippen LogP contribution in [0.25, 0.3) is 0 Å². The van der Waals surface area contributed by atoms with Crippen LogP contribution in [-0.2, 0) is 5.60 Å². The Balaban J connectivity index is 2.20. The zero-order chi connectivity index (χ0) is 13.6. The Bertz CT molecular complexity index is 635. The Labute approximate surface area is 113 Å². The molecule has 0 aromatic heterocycles. The maximum atomic E-state index is 11.2. The molecule has 0 aliphatic heterocycles. The fraction of sp³-hybridized carbons (Fsp3) is 0.294. The summed E-state index contributed by atoms with van der Waals surface area (Å²) in [6.07, 6.45) is 0.552. The van der Waals surface area contributed by atoms with Crippen molar-refractivity contribution in [3.05, 3.63) is 70.3 Å². The second-order valence-electron chi connectivity index (χ2n) is 5.58. The minimum absolute atomic E-state index is 0.0955. The normalized spacial score (nSPS) is 25.4. The van der Waals surface area contributed by atoms with Gasteiger partial charge in [-0.2, -0.15) is 0 Å². The third kappa shape index (κ3) is 1.79. The molecule has 0 spiro atoms. The minimum Gasteiger partial charge on any atom is -0.380 e. The van der Waals surface area contributed by atoms with Crippen molar-refractivity contribution in [3.8, 4) is 0 Å². The summed E-state index contributed by atoms with van der Waals surface area (Å²) in [5.41, 5.74) is 10.5. The zero-order valence-electron chi connectivity index (χ0n) is 11.4. The minimum atomic E-state index is -0.951. The van der Waals surface area contributed by atoms with Gasteiger partial charge in [-0.15, -0.1) is 0 Å². The summed E-state index contributed by atoms with van der Waals surface area (Å²) < 4.78 is 0. The van der Waals surface area contributed by atoms with E-state index in [9.17, 15) is 5.11 Å². The van der Waals surface area contributed by atoms with Crippen LogP contribution in [-0.4, -0.2) is 5.11 Å². The van der Waals surface area contributed by atoms with E-state index in [2.05, 4.69) is 13.0 Å². The van der Waals surface area contributed by atoms with Crippen molar-refractivity contribution in [3.63, 3.8) is 0 Å². The smallest absolute Gasteiger partial charge is 0.117 e. The number of aryl methyl sites for hydroxylation is 2. The molecule has 2 aromatic rings. The van der Waals surface area contributed by atoms with Crippen LogP contribution in [0.3, 0.4) is 0 Å². The number of rotatable bonds is 1. The first kappa shape index (κ1) is 12.4. The molecule has 0 amide bonds. The molecule has 98 valence electrons. The molecule has 3 N–H and O–H groups in total. The van der Waals surface area contributed by atoms with Gasteiger partial charge in [-0.05, 0) is 36.1 Å². The van der Waals surface area contributed by atoms with Gasteiger partial charge >= 0.3 is 0 Å². The number of fused-ring (bicyclic) bond motifs is 1. The molecule has 2 unspecified atom stereocenters. The predicted molar refractivity (Wildman–Crippen MR) is 76.9 cm³/mol. The van der Waals surface area contributed by atoms with E-state index < -0.39 is 5.60 Å². The van der Waals surface area contributed by atoms with Crippen LogP contribution in [0, 0.1) is 13.8 Å². The molecule has 0 bridgehead atoms. The lowest BCUT2D eigenvalue weighted by molar-refractivity contribution is 0.0770. The van der Waals surface area contributed by atoms with Crippen molar-refractivity contribution in [2.45, 2.75) is 31.9 Å². The molecular weight excluding hydrogens is 234 g/mol. The molecule has 2 heteroatoms. The number of benzene rings is 2. The second-order valence-corrected chi connectivity index (χ2v) is 5.58. The largest absolute Gasteiger partial charge is 0.380 e. The van der Waals surface area contributed by atoms with Crippen LogP contribution in [0.4, 0.5) is 0 Å². The molecule has 2 nitrogen and oxygen atoms in total. The standard InChI is InChI=1S/C17H19NO/c1-11-7-8-14(12(2)9-11)17(19)10-16(18)13-5-3-4-6-15(13)17/h3-9,16,19H,10,18H2,1-2H3. The van der Waals surface area contributed by atoms with Crippen molar-refractivity contribution < 1.29 is 5.11 Å². The summed E-state index contributed by atoms with van der Waals surface area (Å²) in [7, 11) is 0. The number of aliphatic hydroxyl groups is 1. The van der Waals surface area contributed by atoms with E-state index in [1.807, 2.05) is 43.3 Å². The Hall–Kier alpha value is -1.64. The van der Waals surface area contributed by atoms with Gasteiger partial charge in [-0.25, -0.2) is 0 Å². The monoisotopic (exact) mass is 253 g/mol. The van der Waals surface area contributed by atoms with Crippen molar-refractivity contribution >= 4 is 0 Å². The third-order valence-electron chi connectivity index (χ3n) is 4.15. The summed E-state index contributed by atoms with van der Waals surface area (Å²) in [4.78, 5) is 0. The van der Waals surface area contributed by atoms with Crippen LogP contribution in [0.2, 0.25) is 0 Å². The van der Waals surface area contributed by atoms with Gasteiger partial charge < -0.3 is 10.8 Å². The average molecular weight is 253 g/mol. The van der Waals surface area contributed by atoms with Crippen LogP contribution >= 0.6 is 0 Å². The lowest BCUT2D eigenvalue weighted by Crippen LogP contribution is -2.26. The maximum Gasteiger partial charge on any atom is 0.117 e. The highest BCUT2D eigenvalue weighted by Crippen LogP contribution is 2.47. The van der Waals surface area contributed by atoms with E-state index in [1.165, 1.54) is 5.56 Å². The lowest BCUT2D eigenvalue weighted by atomic mass is 9.84. The van der Waals surface area contributed by atoms with E-state index >= 15 is 0 Å². The molecule has 0 heterocycles. The predicted octanol–water partition coefficient (Wildman–Crippen LogP) is 2.94. The summed E-state index contributed by atoms with van der Waals surface area (Å²) in [5, 5.41) is 11.2. The average Bonchev–Trinajstić information content (AvgIpc) is 2.63. The first-order valence-corrected chi connectivity index (χ1v) is 6.67. The fourth-order valence-electron chi connectivity index (χ4n) is 3.27. The topological polar surface area (TPSA) is 46.2 Å². The van der Waals surface area contributed by atoms with Crippen molar-refractivity contribution in [2.75, 3.05) is 0 Å². The van der Waals surface area contributed by atoms with Gasteiger partial charge in [0.05, 0.1) is 0 Å². The maximum absolute atomic E-state index is 11.2. The van der Waals surface area contributed by atoms with Gasteiger partial charge in [0.15, 0.2) is 0 Å². The molecule has 0 radical (unpaired) electrons. The fourth-order valence-corrected chi connectivity index (χ4v) is 3.27. The van der Waals surface area contributed by atoms with Gasteiger partial charge in [-0.3, -0.25) is 0 Å². The van der Waals surface area contributed by atoms with Crippen molar-refractivity contribution in [1.82, 2.24) is 0 Å². The second kappa shape index (κ2) is 4.19. The molecule has 1 aliphatic rings. The first-order valence-electron chi connectivity index (χ1n) is 6.67. The van der Waals surface area contributed by atoms with Gasteiger partial charge in [0, 0.05) is 12.5 Å². The van der Waals surface area contributed by atoms with Crippen LogP contribution in [0.1, 0.15) is 40.3 Å². The molecule has 2 atom stereocenters. The number of nitrogens with two attached hydrogens (primary N) is 1.